The molecule has 114 valence electrons. The molecule has 1 amide bonds. The molecular formula is C16H28N2O2. The van der Waals surface area contributed by atoms with Crippen molar-refractivity contribution in [1.82, 2.24) is 10.2 Å². The lowest BCUT2D eigenvalue weighted by Crippen LogP contribution is -2.39. The first-order valence-corrected chi connectivity index (χ1v) is 7.54. The van der Waals surface area contributed by atoms with Gasteiger partial charge >= 0.3 is 0 Å². The van der Waals surface area contributed by atoms with Gasteiger partial charge in [-0.3, -0.25) is 9.69 Å². The van der Waals surface area contributed by atoms with Crippen LogP contribution in [-0.2, 0) is 11.3 Å². The molecule has 1 atom stereocenters. The fraction of sp³-hybridized carbons (Fsp3) is 0.688. The minimum Gasteiger partial charge on any atom is -0.465 e. The minimum absolute atomic E-state index is 0.0831. The highest BCUT2D eigenvalue weighted by molar-refractivity contribution is 5.78. The van der Waals surface area contributed by atoms with Crippen LogP contribution < -0.4 is 5.32 Å². The van der Waals surface area contributed by atoms with E-state index in [1.54, 1.807) is 0 Å². The summed E-state index contributed by atoms with van der Waals surface area (Å²) < 4.78 is 5.51. The highest BCUT2D eigenvalue weighted by Gasteiger charge is 2.11. The first-order chi connectivity index (χ1) is 9.51. The summed E-state index contributed by atoms with van der Waals surface area (Å²) in [6.45, 7) is 7.25. The molecule has 0 spiro atoms. The molecule has 0 bridgehead atoms. The van der Waals surface area contributed by atoms with Crippen molar-refractivity contribution in [3.05, 3.63) is 23.7 Å². The molecule has 20 heavy (non-hydrogen) atoms. The summed E-state index contributed by atoms with van der Waals surface area (Å²) in [5.41, 5.74) is 0. The van der Waals surface area contributed by atoms with E-state index in [0.717, 1.165) is 17.9 Å². The lowest BCUT2D eigenvalue weighted by Gasteiger charge is -2.18. The zero-order valence-corrected chi connectivity index (χ0v) is 13.2. The van der Waals surface area contributed by atoms with Crippen LogP contribution in [0.25, 0.3) is 0 Å². The van der Waals surface area contributed by atoms with Crippen LogP contribution in [0.15, 0.2) is 16.5 Å². The van der Waals surface area contributed by atoms with Gasteiger partial charge in [0.2, 0.25) is 5.91 Å². The van der Waals surface area contributed by atoms with Crippen LogP contribution in [0, 0.1) is 6.92 Å². The Morgan fingerprint density at radius 1 is 1.40 bits per heavy atom. The second-order valence-electron chi connectivity index (χ2n) is 5.65. The van der Waals surface area contributed by atoms with Crippen LogP contribution in [0.1, 0.15) is 51.1 Å². The minimum atomic E-state index is 0.0831. The summed E-state index contributed by atoms with van der Waals surface area (Å²) in [5.74, 6) is 1.89. The average molecular weight is 280 g/mol. The van der Waals surface area contributed by atoms with Crippen LogP contribution in [0.4, 0.5) is 0 Å². The fourth-order valence-corrected chi connectivity index (χ4v) is 2.23. The van der Waals surface area contributed by atoms with E-state index in [4.69, 9.17) is 4.42 Å². The Hall–Kier alpha value is -1.29. The molecule has 4 nitrogen and oxygen atoms in total. The van der Waals surface area contributed by atoms with Gasteiger partial charge in [-0.25, -0.2) is 0 Å². The third-order valence-electron chi connectivity index (χ3n) is 3.28. The largest absolute Gasteiger partial charge is 0.465 e. The molecule has 1 rings (SSSR count). The molecule has 0 radical (unpaired) electrons. The Morgan fingerprint density at radius 3 is 2.75 bits per heavy atom. The van der Waals surface area contributed by atoms with Crippen LogP contribution >= 0.6 is 0 Å². The summed E-state index contributed by atoms with van der Waals surface area (Å²) in [6.07, 6.45) is 4.68. The van der Waals surface area contributed by atoms with Gasteiger partial charge in [-0.05, 0) is 39.4 Å². The van der Waals surface area contributed by atoms with Crippen molar-refractivity contribution < 1.29 is 9.21 Å². The number of furan rings is 1. The van der Waals surface area contributed by atoms with Crippen molar-refractivity contribution >= 4 is 5.91 Å². The second-order valence-corrected chi connectivity index (χ2v) is 5.65. The van der Waals surface area contributed by atoms with E-state index in [-0.39, 0.29) is 11.9 Å². The number of likely N-dealkylation sites (N-methyl/N-ethyl adjacent to an activating group) is 1. The Kier molecular flexibility index (Phi) is 7.37. The lowest BCUT2D eigenvalue weighted by molar-refractivity contribution is -0.122. The predicted molar refractivity (Wildman–Crippen MR) is 81.5 cm³/mol. The molecule has 1 unspecified atom stereocenters. The maximum atomic E-state index is 11.9. The number of hydrogen-bond acceptors (Lipinski definition) is 3. The molecule has 0 aromatic carbocycles. The highest BCUT2D eigenvalue weighted by atomic mass is 16.3. The van der Waals surface area contributed by atoms with E-state index in [2.05, 4.69) is 19.2 Å². The van der Waals surface area contributed by atoms with E-state index in [9.17, 15) is 4.79 Å². The van der Waals surface area contributed by atoms with Crippen molar-refractivity contribution in [2.75, 3.05) is 13.6 Å². The molecule has 0 aliphatic carbocycles. The van der Waals surface area contributed by atoms with Gasteiger partial charge in [0.1, 0.15) is 11.5 Å². The third-order valence-corrected chi connectivity index (χ3v) is 3.28. The van der Waals surface area contributed by atoms with E-state index >= 15 is 0 Å². The topological polar surface area (TPSA) is 45.5 Å². The summed E-state index contributed by atoms with van der Waals surface area (Å²) in [4.78, 5) is 13.9. The van der Waals surface area contributed by atoms with Crippen molar-refractivity contribution in [1.29, 1.82) is 0 Å². The smallest absolute Gasteiger partial charge is 0.234 e. The fourth-order valence-electron chi connectivity index (χ4n) is 2.23. The molecule has 1 heterocycles. The number of hydrogen-bond donors (Lipinski definition) is 1. The normalized spacial score (nSPS) is 12.7. The molecule has 0 aliphatic heterocycles. The summed E-state index contributed by atoms with van der Waals surface area (Å²) in [7, 11) is 1.93. The first kappa shape index (κ1) is 16.8. The van der Waals surface area contributed by atoms with Crippen molar-refractivity contribution in [3.8, 4) is 0 Å². The molecular weight excluding hydrogens is 252 g/mol. The highest BCUT2D eigenvalue weighted by Crippen LogP contribution is 2.08. The van der Waals surface area contributed by atoms with Gasteiger partial charge < -0.3 is 9.73 Å². The average Bonchev–Trinajstić information content (AvgIpc) is 2.74. The monoisotopic (exact) mass is 280 g/mol. The lowest BCUT2D eigenvalue weighted by atomic mass is 10.1. The first-order valence-electron chi connectivity index (χ1n) is 7.54. The summed E-state index contributed by atoms with van der Waals surface area (Å²) >= 11 is 0. The van der Waals surface area contributed by atoms with E-state index in [0.29, 0.717) is 13.1 Å². The zero-order chi connectivity index (χ0) is 15.0. The molecule has 4 heteroatoms. The van der Waals surface area contributed by atoms with Crippen molar-refractivity contribution in [2.24, 2.45) is 0 Å². The van der Waals surface area contributed by atoms with E-state index in [1.165, 1.54) is 19.3 Å². The number of nitrogens with zero attached hydrogens (tertiary/aromatic N) is 1. The molecule has 1 aromatic heterocycles. The number of nitrogens with one attached hydrogen (secondary N) is 1. The molecule has 1 N–H and O–H groups in total. The van der Waals surface area contributed by atoms with Gasteiger partial charge in [-0.15, -0.1) is 0 Å². The number of unbranched alkanes of at least 4 members (excludes halogenated alkanes) is 2. The SMILES string of the molecule is CCCCCC(C)NC(=O)CN(C)Cc1ccc(C)o1. The molecule has 0 saturated carbocycles. The van der Waals surface area contributed by atoms with Gasteiger partial charge in [0.15, 0.2) is 0 Å². The number of carbonyl (C=O) groups is 1. The Labute approximate surface area is 122 Å². The number of carbonyl (C=O) groups excluding carboxylic acids is 1. The molecule has 0 saturated heterocycles. The maximum absolute atomic E-state index is 11.9. The summed E-state index contributed by atoms with van der Waals surface area (Å²) in [6, 6.07) is 4.16. The van der Waals surface area contributed by atoms with E-state index < -0.39 is 0 Å². The zero-order valence-electron chi connectivity index (χ0n) is 13.2. The maximum Gasteiger partial charge on any atom is 0.234 e. The van der Waals surface area contributed by atoms with Crippen LogP contribution in [0.3, 0.4) is 0 Å². The predicted octanol–water partition coefficient (Wildman–Crippen LogP) is 3.10. The van der Waals surface area contributed by atoms with Gasteiger partial charge in [0.05, 0.1) is 13.1 Å². The van der Waals surface area contributed by atoms with Gasteiger partial charge in [-0.1, -0.05) is 26.2 Å². The number of aryl methyl sites for hydroxylation is 1. The van der Waals surface area contributed by atoms with Crippen molar-refractivity contribution in [2.45, 2.75) is 59.0 Å². The Balaban J connectivity index is 2.23. The molecule has 0 aliphatic rings. The van der Waals surface area contributed by atoms with Crippen LogP contribution in [0.2, 0.25) is 0 Å². The second kappa shape index (κ2) is 8.80. The van der Waals surface area contributed by atoms with Crippen LogP contribution in [0.5, 0.6) is 0 Å². The van der Waals surface area contributed by atoms with Gasteiger partial charge in [0, 0.05) is 6.04 Å². The Morgan fingerprint density at radius 2 is 2.15 bits per heavy atom. The van der Waals surface area contributed by atoms with Gasteiger partial charge in [-0.2, -0.15) is 0 Å². The number of amides is 1. The third kappa shape index (κ3) is 6.75. The summed E-state index contributed by atoms with van der Waals surface area (Å²) in [5, 5.41) is 3.05. The quantitative estimate of drug-likeness (QED) is 0.707. The van der Waals surface area contributed by atoms with E-state index in [1.807, 2.05) is 31.0 Å². The molecule has 0 fully saturated rings. The standard InChI is InChI=1S/C16H28N2O2/c1-5-6-7-8-13(2)17-16(19)12-18(4)11-15-10-9-14(3)20-15/h9-10,13H,5-8,11-12H2,1-4H3,(H,17,19). The van der Waals surface area contributed by atoms with Crippen LogP contribution in [-0.4, -0.2) is 30.4 Å². The molecule has 1 aromatic rings. The number of rotatable bonds is 9. The Bertz CT molecular complexity index is 401. The van der Waals surface area contributed by atoms with Crippen molar-refractivity contribution in [3.63, 3.8) is 0 Å². The van der Waals surface area contributed by atoms with Gasteiger partial charge in [0.25, 0.3) is 0 Å².